The van der Waals surface area contributed by atoms with Gasteiger partial charge in [-0.25, -0.2) is 0 Å². The Labute approximate surface area is 114 Å². The van der Waals surface area contributed by atoms with E-state index in [9.17, 15) is 4.79 Å². The highest BCUT2D eigenvalue weighted by Gasteiger charge is 2.53. The molecule has 1 amide bonds. The van der Waals surface area contributed by atoms with Gasteiger partial charge in [-0.2, -0.15) is 0 Å². The number of ether oxygens (including phenoxy) is 1. The highest BCUT2D eigenvalue weighted by molar-refractivity contribution is 9.10. The fourth-order valence-electron chi connectivity index (χ4n) is 2.67. The Morgan fingerprint density at radius 1 is 1.44 bits per heavy atom. The Kier molecular flexibility index (Phi) is 3.03. The van der Waals surface area contributed by atoms with Gasteiger partial charge in [-0.05, 0) is 46.0 Å². The zero-order valence-electron chi connectivity index (χ0n) is 10.1. The molecule has 2 atom stereocenters. The molecule has 1 saturated heterocycles. The van der Waals surface area contributed by atoms with Crippen LogP contribution in [-0.4, -0.2) is 32.1 Å². The number of nitrogens with one attached hydrogen (secondary N) is 2. The first-order valence-electron chi connectivity index (χ1n) is 6.06. The third-order valence-electron chi connectivity index (χ3n) is 3.81. The molecule has 3 rings (SSSR count). The largest absolute Gasteiger partial charge is 0.497 e. The zero-order valence-corrected chi connectivity index (χ0v) is 11.7. The summed E-state index contributed by atoms with van der Waals surface area (Å²) in [4.78, 5) is 12.2. The molecular formula is C13H15BrN2O2. The summed E-state index contributed by atoms with van der Waals surface area (Å²) in [5, 5.41) is 6.41. The zero-order chi connectivity index (χ0) is 12.7. The number of carbonyl (C=O) groups is 1. The van der Waals surface area contributed by atoms with E-state index in [4.69, 9.17) is 4.74 Å². The molecule has 1 heterocycles. The molecule has 1 saturated carbocycles. The van der Waals surface area contributed by atoms with Gasteiger partial charge in [0.05, 0.1) is 12.7 Å². The van der Waals surface area contributed by atoms with Crippen LogP contribution < -0.4 is 15.4 Å². The van der Waals surface area contributed by atoms with Gasteiger partial charge in [-0.1, -0.05) is 0 Å². The number of hydrogen-bond donors (Lipinski definition) is 2. The molecule has 2 unspecified atom stereocenters. The molecule has 2 fully saturated rings. The van der Waals surface area contributed by atoms with Crippen molar-refractivity contribution in [3.05, 3.63) is 28.2 Å². The van der Waals surface area contributed by atoms with Gasteiger partial charge < -0.3 is 15.4 Å². The van der Waals surface area contributed by atoms with Crippen LogP contribution in [0, 0.1) is 11.8 Å². The van der Waals surface area contributed by atoms with Gasteiger partial charge in [-0.3, -0.25) is 4.79 Å². The number of fused-ring (bicyclic) bond motifs is 1. The molecule has 1 aliphatic carbocycles. The highest BCUT2D eigenvalue weighted by Crippen LogP contribution is 2.41. The maximum atomic E-state index is 12.2. The van der Waals surface area contributed by atoms with Gasteiger partial charge in [0.1, 0.15) is 5.75 Å². The predicted octanol–water partition coefficient (Wildman–Crippen LogP) is 1.41. The van der Waals surface area contributed by atoms with E-state index in [0.717, 1.165) is 17.6 Å². The smallest absolute Gasteiger partial charge is 0.252 e. The number of rotatable bonds is 3. The summed E-state index contributed by atoms with van der Waals surface area (Å²) < 4.78 is 5.94. The third-order valence-corrected chi connectivity index (χ3v) is 4.50. The van der Waals surface area contributed by atoms with Gasteiger partial charge in [0.25, 0.3) is 5.91 Å². The van der Waals surface area contributed by atoms with E-state index >= 15 is 0 Å². The molecule has 0 spiro atoms. The maximum Gasteiger partial charge on any atom is 0.252 e. The number of hydrogen-bond acceptors (Lipinski definition) is 3. The second-order valence-corrected chi connectivity index (χ2v) is 5.69. The lowest BCUT2D eigenvalue weighted by molar-refractivity contribution is 0.0945. The lowest BCUT2D eigenvalue weighted by Gasteiger charge is -2.10. The topological polar surface area (TPSA) is 50.4 Å². The van der Waals surface area contributed by atoms with E-state index in [-0.39, 0.29) is 5.91 Å². The van der Waals surface area contributed by atoms with E-state index in [1.807, 2.05) is 12.1 Å². The minimum absolute atomic E-state index is 0.0276. The molecule has 5 heteroatoms. The summed E-state index contributed by atoms with van der Waals surface area (Å²) in [5.74, 6) is 1.91. The molecule has 96 valence electrons. The van der Waals surface area contributed by atoms with E-state index in [1.54, 1.807) is 13.2 Å². The Morgan fingerprint density at radius 3 is 2.83 bits per heavy atom. The van der Waals surface area contributed by atoms with Crippen molar-refractivity contribution in [2.24, 2.45) is 11.8 Å². The number of methoxy groups -OCH3 is 1. The normalized spacial score (nSPS) is 28.7. The van der Waals surface area contributed by atoms with Crippen LogP contribution in [0.15, 0.2) is 22.7 Å². The molecule has 1 aromatic carbocycles. The van der Waals surface area contributed by atoms with Crippen LogP contribution >= 0.6 is 15.9 Å². The molecule has 0 aromatic heterocycles. The molecule has 1 aromatic rings. The standard InChI is InChI=1S/C13H15BrN2O2/c1-18-7-2-3-11(14)8(4-7)13(17)16-12-9-5-15-6-10(9)12/h2-4,9-10,12,15H,5-6H2,1H3,(H,16,17). The third kappa shape index (κ3) is 2.01. The average molecular weight is 311 g/mol. The fourth-order valence-corrected chi connectivity index (χ4v) is 3.09. The van der Waals surface area contributed by atoms with Gasteiger partial charge >= 0.3 is 0 Å². The van der Waals surface area contributed by atoms with Crippen molar-refractivity contribution >= 4 is 21.8 Å². The van der Waals surface area contributed by atoms with Crippen molar-refractivity contribution in [3.63, 3.8) is 0 Å². The quantitative estimate of drug-likeness (QED) is 0.887. The van der Waals surface area contributed by atoms with Crippen LogP contribution in [-0.2, 0) is 0 Å². The molecule has 4 nitrogen and oxygen atoms in total. The average Bonchev–Trinajstić information content (AvgIpc) is 2.82. The summed E-state index contributed by atoms with van der Waals surface area (Å²) in [6, 6.07) is 5.77. The second kappa shape index (κ2) is 4.55. The van der Waals surface area contributed by atoms with Crippen LogP contribution in [0.2, 0.25) is 0 Å². The van der Waals surface area contributed by atoms with Crippen LogP contribution in [0.3, 0.4) is 0 Å². The van der Waals surface area contributed by atoms with Gasteiger partial charge in [0, 0.05) is 23.6 Å². The lowest BCUT2D eigenvalue weighted by Crippen LogP contribution is -2.32. The minimum Gasteiger partial charge on any atom is -0.497 e. The van der Waals surface area contributed by atoms with Crippen LogP contribution in [0.25, 0.3) is 0 Å². The number of carbonyl (C=O) groups excluding carboxylic acids is 1. The summed E-state index contributed by atoms with van der Waals surface area (Å²) in [7, 11) is 1.60. The van der Waals surface area contributed by atoms with Gasteiger partial charge in [-0.15, -0.1) is 0 Å². The lowest BCUT2D eigenvalue weighted by atomic mass is 10.2. The SMILES string of the molecule is COc1ccc(Br)c(C(=O)NC2C3CNCC32)c1. The van der Waals surface area contributed by atoms with E-state index in [0.29, 0.717) is 29.2 Å². The van der Waals surface area contributed by atoms with Crippen molar-refractivity contribution < 1.29 is 9.53 Å². The van der Waals surface area contributed by atoms with Crippen molar-refractivity contribution in [2.45, 2.75) is 6.04 Å². The van der Waals surface area contributed by atoms with Crippen LogP contribution in [0.5, 0.6) is 5.75 Å². The Balaban J connectivity index is 1.72. The maximum absolute atomic E-state index is 12.2. The Hall–Kier alpha value is -1.07. The summed E-state index contributed by atoms with van der Waals surface area (Å²) in [5.41, 5.74) is 0.632. The molecule has 2 aliphatic rings. The minimum atomic E-state index is -0.0276. The summed E-state index contributed by atoms with van der Waals surface area (Å²) >= 11 is 3.40. The molecular weight excluding hydrogens is 296 g/mol. The molecule has 0 radical (unpaired) electrons. The second-order valence-electron chi connectivity index (χ2n) is 4.83. The van der Waals surface area contributed by atoms with Crippen LogP contribution in [0.4, 0.5) is 0 Å². The van der Waals surface area contributed by atoms with Crippen LogP contribution in [0.1, 0.15) is 10.4 Å². The number of piperidine rings is 1. The first kappa shape index (κ1) is 12.0. The molecule has 18 heavy (non-hydrogen) atoms. The highest BCUT2D eigenvalue weighted by atomic mass is 79.9. The number of amides is 1. The number of benzene rings is 1. The van der Waals surface area contributed by atoms with Crippen molar-refractivity contribution in [2.75, 3.05) is 20.2 Å². The first-order valence-corrected chi connectivity index (χ1v) is 6.85. The monoisotopic (exact) mass is 310 g/mol. The molecule has 1 aliphatic heterocycles. The Morgan fingerprint density at radius 2 is 2.17 bits per heavy atom. The van der Waals surface area contributed by atoms with Crippen molar-refractivity contribution in [1.29, 1.82) is 0 Å². The van der Waals surface area contributed by atoms with Gasteiger partial charge in [0.15, 0.2) is 0 Å². The first-order chi connectivity index (χ1) is 8.70. The van der Waals surface area contributed by atoms with E-state index < -0.39 is 0 Å². The summed E-state index contributed by atoms with van der Waals surface area (Å²) in [6.07, 6.45) is 0. The number of halogens is 1. The fraction of sp³-hybridized carbons (Fsp3) is 0.462. The predicted molar refractivity (Wildman–Crippen MR) is 71.8 cm³/mol. The van der Waals surface area contributed by atoms with Crippen molar-refractivity contribution in [3.8, 4) is 5.75 Å². The van der Waals surface area contributed by atoms with E-state index in [1.165, 1.54) is 0 Å². The van der Waals surface area contributed by atoms with Gasteiger partial charge in [0.2, 0.25) is 0 Å². The molecule has 0 bridgehead atoms. The summed E-state index contributed by atoms with van der Waals surface area (Å²) in [6.45, 7) is 2.05. The van der Waals surface area contributed by atoms with E-state index in [2.05, 4.69) is 26.6 Å². The van der Waals surface area contributed by atoms with Crippen molar-refractivity contribution in [1.82, 2.24) is 10.6 Å². The molecule has 2 N–H and O–H groups in total. The Bertz CT molecular complexity index is 482.